The summed E-state index contributed by atoms with van der Waals surface area (Å²) in [5.41, 5.74) is 0.908. The molecular formula is C14H12FNO3S. The van der Waals surface area contributed by atoms with E-state index in [1.54, 1.807) is 12.1 Å². The average molecular weight is 293 g/mol. The highest BCUT2D eigenvalue weighted by molar-refractivity contribution is 7.92. The van der Waals surface area contributed by atoms with Gasteiger partial charge in [0.2, 0.25) is 0 Å². The fourth-order valence-electron chi connectivity index (χ4n) is 1.64. The number of sulfonamides is 1. The highest BCUT2D eigenvalue weighted by Gasteiger charge is 2.16. The number of nitrogens with one attached hydrogen (secondary N) is 1. The zero-order chi connectivity index (χ0) is 14.8. The highest BCUT2D eigenvalue weighted by Crippen LogP contribution is 2.20. The van der Waals surface area contributed by atoms with Crippen LogP contribution in [0.25, 0.3) is 0 Å². The summed E-state index contributed by atoms with van der Waals surface area (Å²) in [7, 11) is -3.86. The first-order valence-electron chi connectivity index (χ1n) is 5.76. The molecule has 0 aliphatic carbocycles. The third-order valence-corrected chi connectivity index (χ3v) is 4.10. The standard InChI is InChI=1S/C14H12FNO3S/c1-10-2-6-13(7-3-10)20(18,19)16-14-8-12(15)5-4-11(14)9-17/h2-9,16H,1H3. The summed E-state index contributed by atoms with van der Waals surface area (Å²) in [4.78, 5) is 10.9. The lowest BCUT2D eigenvalue weighted by molar-refractivity contribution is 0.112. The van der Waals surface area contributed by atoms with E-state index < -0.39 is 15.8 Å². The van der Waals surface area contributed by atoms with Gasteiger partial charge in [-0.2, -0.15) is 0 Å². The summed E-state index contributed by atoms with van der Waals surface area (Å²) in [6.45, 7) is 1.83. The molecule has 2 aromatic rings. The zero-order valence-corrected chi connectivity index (χ0v) is 11.4. The minimum Gasteiger partial charge on any atom is -0.298 e. The molecule has 0 radical (unpaired) electrons. The Hall–Kier alpha value is -2.21. The third-order valence-electron chi connectivity index (χ3n) is 2.72. The van der Waals surface area contributed by atoms with Crippen molar-refractivity contribution in [3.63, 3.8) is 0 Å². The molecule has 20 heavy (non-hydrogen) atoms. The lowest BCUT2D eigenvalue weighted by Gasteiger charge is -2.10. The molecule has 0 bridgehead atoms. The van der Waals surface area contributed by atoms with Crippen LogP contribution in [0.5, 0.6) is 0 Å². The van der Waals surface area contributed by atoms with Gasteiger partial charge in [0.15, 0.2) is 6.29 Å². The second-order valence-electron chi connectivity index (χ2n) is 4.27. The van der Waals surface area contributed by atoms with Crippen molar-refractivity contribution in [2.24, 2.45) is 0 Å². The molecule has 0 aromatic heterocycles. The Kier molecular flexibility index (Phi) is 3.85. The quantitative estimate of drug-likeness (QED) is 0.882. The van der Waals surface area contributed by atoms with Crippen LogP contribution in [0.3, 0.4) is 0 Å². The van der Waals surface area contributed by atoms with Crippen molar-refractivity contribution in [1.29, 1.82) is 0 Å². The van der Waals surface area contributed by atoms with Gasteiger partial charge in [-0.05, 0) is 37.3 Å². The van der Waals surface area contributed by atoms with E-state index >= 15 is 0 Å². The lowest BCUT2D eigenvalue weighted by Crippen LogP contribution is -2.14. The Morgan fingerprint density at radius 2 is 1.75 bits per heavy atom. The summed E-state index contributed by atoms with van der Waals surface area (Å²) in [5, 5.41) is 0. The molecule has 0 spiro atoms. The van der Waals surface area contributed by atoms with E-state index in [1.807, 2.05) is 6.92 Å². The van der Waals surface area contributed by atoms with E-state index in [0.717, 1.165) is 17.7 Å². The maximum absolute atomic E-state index is 13.2. The van der Waals surface area contributed by atoms with Crippen LogP contribution in [0.2, 0.25) is 0 Å². The molecule has 1 N–H and O–H groups in total. The SMILES string of the molecule is Cc1ccc(S(=O)(=O)Nc2cc(F)ccc2C=O)cc1. The molecule has 0 aliphatic rings. The van der Waals surface area contributed by atoms with Crippen molar-refractivity contribution in [3.05, 3.63) is 59.4 Å². The fourth-order valence-corrected chi connectivity index (χ4v) is 2.72. The molecule has 6 heteroatoms. The molecule has 0 heterocycles. The van der Waals surface area contributed by atoms with Crippen LogP contribution < -0.4 is 4.72 Å². The van der Waals surface area contributed by atoms with Crippen LogP contribution in [-0.4, -0.2) is 14.7 Å². The summed E-state index contributed by atoms with van der Waals surface area (Å²) < 4.78 is 39.7. The Morgan fingerprint density at radius 3 is 2.35 bits per heavy atom. The van der Waals surface area contributed by atoms with Gasteiger partial charge in [-0.1, -0.05) is 17.7 Å². The van der Waals surface area contributed by atoms with Gasteiger partial charge >= 0.3 is 0 Å². The van der Waals surface area contributed by atoms with Gasteiger partial charge in [0.25, 0.3) is 10.0 Å². The number of carbonyl (C=O) groups is 1. The number of anilines is 1. The predicted molar refractivity (Wildman–Crippen MR) is 73.8 cm³/mol. The molecule has 0 saturated heterocycles. The van der Waals surface area contributed by atoms with Crippen molar-refractivity contribution in [3.8, 4) is 0 Å². The van der Waals surface area contributed by atoms with Crippen LogP contribution >= 0.6 is 0 Å². The summed E-state index contributed by atoms with van der Waals surface area (Å²) in [6, 6.07) is 9.47. The smallest absolute Gasteiger partial charge is 0.261 e. The van der Waals surface area contributed by atoms with E-state index in [9.17, 15) is 17.6 Å². The summed E-state index contributed by atoms with van der Waals surface area (Å²) in [5.74, 6) is -0.628. The van der Waals surface area contributed by atoms with Crippen LogP contribution in [0.1, 0.15) is 15.9 Å². The molecule has 0 aliphatic heterocycles. The second-order valence-corrected chi connectivity index (χ2v) is 5.95. The molecular weight excluding hydrogens is 281 g/mol. The second kappa shape index (κ2) is 5.42. The van der Waals surface area contributed by atoms with E-state index in [2.05, 4.69) is 4.72 Å². The number of halogens is 1. The molecule has 0 fully saturated rings. The lowest BCUT2D eigenvalue weighted by atomic mass is 10.2. The van der Waals surface area contributed by atoms with Gasteiger partial charge in [0, 0.05) is 5.56 Å². The average Bonchev–Trinajstić information content (AvgIpc) is 2.39. The predicted octanol–water partition coefficient (Wildman–Crippen LogP) is 2.75. The monoisotopic (exact) mass is 293 g/mol. The molecule has 2 aromatic carbocycles. The van der Waals surface area contributed by atoms with Crippen molar-refractivity contribution >= 4 is 22.0 Å². The highest BCUT2D eigenvalue weighted by atomic mass is 32.2. The summed E-state index contributed by atoms with van der Waals surface area (Å²) in [6.07, 6.45) is 0.465. The van der Waals surface area contributed by atoms with E-state index in [1.165, 1.54) is 18.2 Å². The fraction of sp³-hybridized carbons (Fsp3) is 0.0714. The van der Waals surface area contributed by atoms with E-state index in [4.69, 9.17) is 0 Å². The molecule has 0 amide bonds. The molecule has 2 rings (SSSR count). The number of hydrogen-bond donors (Lipinski definition) is 1. The Morgan fingerprint density at radius 1 is 1.10 bits per heavy atom. The molecule has 0 saturated carbocycles. The number of hydrogen-bond acceptors (Lipinski definition) is 3. The summed E-state index contributed by atoms with van der Waals surface area (Å²) >= 11 is 0. The molecule has 4 nitrogen and oxygen atoms in total. The number of rotatable bonds is 4. The van der Waals surface area contributed by atoms with Crippen molar-refractivity contribution in [2.45, 2.75) is 11.8 Å². The van der Waals surface area contributed by atoms with Gasteiger partial charge < -0.3 is 0 Å². The van der Waals surface area contributed by atoms with Crippen molar-refractivity contribution in [1.82, 2.24) is 0 Å². The van der Waals surface area contributed by atoms with E-state index in [0.29, 0.717) is 6.29 Å². The number of aryl methyl sites for hydroxylation is 1. The van der Waals surface area contributed by atoms with Crippen molar-refractivity contribution in [2.75, 3.05) is 4.72 Å². The molecule has 104 valence electrons. The Labute approximate surface area is 116 Å². The number of aldehydes is 1. The largest absolute Gasteiger partial charge is 0.298 e. The first-order valence-corrected chi connectivity index (χ1v) is 7.25. The van der Waals surface area contributed by atoms with Gasteiger partial charge in [0.1, 0.15) is 5.82 Å². The first kappa shape index (κ1) is 14.2. The van der Waals surface area contributed by atoms with Crippen molar-refractivity contribution < 1.29 is 17.6 Å². The van der Waals surface area contributed by atoms with Crippen LogP contribution in [-0.2, 0) is 10.0 Å². The van der Waals surface area contributed by atoms with Gasteiger partial charge in [-0.3, -0.25) is 9.52 Å². The Balaban J connectivity index is 2.40. The van der Waals surface area contributed by atoms with Gasteiger partial charge in [-0.25, -0.2) is 12.8 Å². The number of carbonyl (C=O) groups excluding carboxylic acids is 1. The first-order chi connectivity index (χ1) is 9.42. The van der Waals surface area contributed by atoms with Crippen LogP contribution in [0, 0.1) is 12.7 Å². The topological polar surface area (TPSA) is 63.2 Å². The Bertz CT molecular complexity index is 740. The molecule has 0 atom stereocenters. The van der Waals surface area contributed by atoms with Crippen LogP contribution in [0.4, 0.5) is 10.1 Å². The third kappa shape index (κ3) is 3.03. The minimum absolute atomic E-state index is 0.0456. The molecule has 0 unspecified atom stereocenters. The zero-order valence-electron chi connectivity index (χ0n) is 10.6. The van der Waals surface area contributed by atoms with Gasteiger partial charge in [0.05, 0.1) is 10.6 Å². The normalized spacial score (nSPS) is 11.1. The van der Waals surface area contributed by atoms with Crippen LogP contribution in [0.15, 0.2) is 47.4 Å². The van der Waals surface area contributed by atoms with E-state index in [-0.39, 0.29) is 16.1 Å². The maximum Gasteiger partial charge on any atom is 0.261 e. The van der Waals surface area contributed by atoms with Gasteiger partial charge in [-0.15, -0.1) is 0 Å². The number of benzene rings is 2. The maximum atomic E-state index is 13.2. The minimum atomic E-state index is -3.86.